The van der Waals surface area contributed by atoms with Gasteiger partial charge in [-0.2, -0.15) is 0 Å². The van der Waals surface area contributed by atoms with Crippen LogP contribution in [0.25, 0.3) is 0 Å². The molecule has 0 heterocycles. The third-order valence-corrected chi connectivity index (χ3v) is 1.51. The Hall–Kier alpha value is -1.59. The highest BCUT2D eigenvalue weighted by molar-refractivity contribution is 6.20. The minimum absolute atomic E-state index is 0.641. The van der Waals surface area contributed by atoms with Gasteiger partial charge in [-0.3, -0.25) is 15.6 Å². The molecule has 0 aromatic heterocycles. The van der Waals surface area contributed by atoms with E-state index in [1.165, 1.54) is 0 Å². The number of hydrogen-bond donors (Lipinski definition) is 5. The van der Waals surface area contributed by atoms with Crippen LogP contribution in [-0.2, 0) is 4.79 Å². The van der Waals surface area contributed by atoms with E-state index in [1.54, 1.807) is 0 Å². The summed E-state index contributed by atoms with van der Waals surface area (Å²) in [6.07, 6.45) is 0. The highest BCUT2D eigenvalue weighted by atomic mass is 16.4. The van der Waals surface area contributed by atoms with Crippen LogP contribution < -0.4 is 11.5 Å². The molecule has 0 saturated carbocycles. The normalized spacial score (nSPS) is 15.0. The molecule has 11 heavy (non-hydrogen) atoms. The number of nitrogens with two attached hydrogens (primary N) is 2. The Morgan fingerprint density at radius 1 is 1.36 bits per heavy atom. The van der Waals surface area contributed by atoms with Gasteiger partial charge in [-0.1, -0.05) is 0 Å². The summed E-state index contributed by atoms with van der Waals surface area (Å²) in [7, 11) is 0. The summed E-state index contributed by atoms with van der Waals surface area (Å²) in [5.74, 6) is -2.67. The average Bonchev–Trinajstić information content (AvgIpc) is 1.84. The molecule has 0 aromatic rings. The van der Waals surface area contributed by atoms with Gasteiger partial charge in [-0.25, -0.2) is 0 Å². The first-order valence-electron chi connectivity index (χ1n) is 2.76. The Balaban J connectivity index is 4.99. The summed E-state index contributed by atoms with van der Waals surface area (Å²) in [6.45, 7) is 1.11. The standard InChI is InChI=1S/C5H10N4O2/c1-5(2(6)7,3(8)9)4(10)11/h1H3,(H3,6,7)(H3,8,9)(H,10,11). The highest BCUT2D eigenvalue weighted by Gasteiger charge is 2.40. The van der Waals surface area contributed by atoms with Crippen molar-refractivity contribution in [2.45, 2.75) is 6.92 Å². The maximum atomic E-state index is 10.5. The summed E-state index contributed by atoms with van der Waals surface area (Å²) in [5, 5.41) is 22.3. The van der Waals surface area contributed by atoms with Gasteiger partial charge in [0.1, 0.15) is 11.7 Å². The number of amidine groups is 2. The summed E-state index contributed by atoms with van der Waals surface area (Å²) >= 11 is 0. The zero-order valence-electron chi connectivity index (χ0n) is 6.01. The number of carboxylic acids is 1. The Morgan fingerprint density at radius 3 is 1.64 bits per heavy atom. The number of carbonyl (C=O) groups is 1. The summed E-state index contributed by atoms with van der Waals surface area (Å²) in [5.41, 5.74) is 8.05. The largest absolute Gasteiger partial charge is 0.480 e. The zero-order valence-corrected chi connectivity index (χ0v) is 6.01. The summed E-state index contributed by atoms with van der Waals surface area (Å²) in [6, 6.07) is 0. The fourth-order valence-electron chi connectivity index (χ4n) is 0.375. The smallest absolute Gasteiger partial charge is 0.324 e. The molecule has 7 N–H and O–H groups in total. The van der Waals surface area contributed by atoms with Crippen molar-refractivity contribution < 1.29 is 9.90 Å². The van der Waals surface area contributed by atoms with Gasteiger partial charge >= 0.3 is 5.97 Å². The van der Waals surface area contributed by atoms with Gasteiger partial charge in [0.15, 0.2) is 5.41 Å². The predicted octanol–water partition coefficient (Wildman–Crippen LogP) is -1.05. The molecular formula is C5H10N4O2. The molecule has 0 aliphatic heterocycles. The Kier molecular flexibility index (Phi) is 2.20. The molecule has 0 aromatic carbocycles. The van der Waals surface area contributed by atoms with E-state index in [2.05, 4.69) is 0 Å². The fourth-order valence-corrected chi connectivity index (χ4v) is 0.375. The van der Waals surface area contributed by atoms with Gasteiger partial charge in [-0.05, 0) is 6.92 Å². The highest BCUT2D eigenvalue weighted by Crippen LogP contribution is 2.14. The second-order valence-electron chi connectivity index (χ2n) is 2.26. The van der Waals surface area contributed by atoms with Crippen LogP contribution in [0, 0.1) is 16.2 Å². The zero-order chi connectivity index (χ0) is 9.23. The molecule has 0 aliphatic rings. The lowest BCUT2D eigenvalue weighted by Crippen LogP contribution is -2.50. The first kappa shape index (κ1) is 9.41. The van der Waals surface area contributed by atoms with E-state index < -0.39 is 23.1 Å². The van der Waals surface area contributed by atoms with E-state index >= 15 is 0 Å². The molecule has 62 valence electrons. The fraction of sp³-hybridized carbons (Fsp3) is 0.400. The predicted molar refractivity (Wildman–Crippen MR) is 39.6 cm³/mol. The molecule has 0 rings (SSSR count). The monoisotopic (exact) mass is 158 g/mol. The molecule has 6 heteroatoms. The Bertz CT molecular complexity index is 186. The minimum Gasteiger partial charge on any atom is -0.480 e. The molecular weight excluding hydrogens is 148 g/mol. The van der Waals surface area contributed by atoms with Gasteiger partial charge in [-0.15, -0.1) is 0 Å². The molecule has 0 spiro atoms. The SMILES string of the molecule is CC(C(=N)N)(C(=N)N)C(=O)O. The van der Waals surface area contributed by atoms with E-state index in [1.807, 2.05) is 0 Å². The van der Waals surface area contributed by atoms with Crippen molar-refractivity contribution in [1.29, 1.82) is 10.8 Å². The quantitative estimate of drug-likeness (QED) is 0.264. The molecule has 0 radical (unpaired) electrons. The first-order valence-corrected chi connectivity index (χ1v) is 2.76. The van der Waals surface area contributed by atoms with Crippen LogP contribution in [0.15, 0.2) is 0 Å². The van der Waals surface area contributed by atoms with E-state index in [-0.39, 0.29) is 0 Å². The van der Waals surface area contributed by atoms with Crippen molar-refractivity contribution in [2.75, 3.05) is 0 Å². The topological polar surface area (TPSA) is 137 Å². The van der Waals surface area contributed by atoms with Gasteiger partial charge in [0, 0.05) is 0 Å². The third kappa shape index (κ3) is 1.28. The van der Waals surface area contributed by atoms with Crippen LogP contribution in [0.1, 0.15) is 6.92 Å². The third-order valence-electron chi connectivity index (χ3n) is 1.51. The lowest BCUT2D eigenvalue weighted by Gasteiger charge is -2.20. The number of rotatable bonds is 3. The molecule has 0 atom stereocenters. The maximum absolute atomic E-state index is 10.5. The van der Waals surface area contributed by atoms with Crippen molar-refractivity contribution in [3.05, 3.63) is 0 Å². The van der Waals surface area contributed by atoms with Crippen molar-refractivity contribution in [3.63, 3.8) is 0 Å². The summed E-state index contributed by atoms with van der Waals surface area (Å²) in [4.78, 5) is 10.5. The molecule has 0 amide bonds. The van der Waals surface area contributed by atoms with Gasteiger partial charge in [0.05, 0.1) is 0 Å². The molecule has 0 bridgehead atoms. The number of hydrogen-bond acceptors (Lipinski definition) is 3. The Morgan fingerprint density at radius 2 is 1.64 bits per heavy atom. The molecule has 6 nitrogen and oxygen atoms in total. The van der Waals surface area contributed by atoms with Gasteiger partial charge in [0.2, 0.25) is 0 Å². The maximum Gasteiger partial charge on any atom is 0.324 e. The van der Waals surface area contributed by atoms with E-state index in [4.69, 9.17) is 27.4 Å². The molecule has 0 aliphatic carbocycles. The Labute approximate surface area is 63.2 Å². The van der Waals surface area contributed by atoms with Crippen LogP contribution in [0.2, 0.25) is 0 Å². The average molecular weight is 158 g/mol. The van der Waals surface area contributed by atoms with Gasteiger partial charge < -0.3 is 16.6 Å². The molecule has 0 unspecified atom stereocenters. The van der Waals surface area contributed by atoms with Crippen LogP contribution in [-0.4, -0.2) is 22.7 Å². The van der Waals surface area contributed by atoms with Crippen LogP contribution in [0.3, 0.4) is 0 Å². The lowest BCUT2D eigenvalue weighted by atomic mass is 9.88. The van der Waals surface area contributed by atoms with Gasteiger partial charge in [0.25, 0.3) is 0 Å². The van der Waals surface area contributed by atoms with Crippen molar-refractivity contribution in [1.82, 2.24) is 0 Å². The second kappa shape index (κ2) is 2.57. The second-order valence-corrected chi connectivity index (χ2v) is 2.26. The minimum atomic E-state index is -1.86. The molecule has 0 saturated heterocycles. The first-order chi connectivity index (χ1) is 4.83. The van der Waals surface area contributed by atoms with Crippen molar-refractivity contribution in [2.24, 2.45) is 16.9 Å². The van der Waals surface area contributed by atoms with Crippen molar-refractivity contribution in [3.8, 4) is 0 Å². The number of carboxylic acid groups (broad SMARTS) is 1. The van der Waals surface area contributed by atoms with Crippen molar-refractivity contribution >= 4 is 17.6 Å². The van der Waals surface area contributed by atoms with E-state index in [0.29, 0.717) is 0 Å². The van der Waals surface area contributed by atoms with Crippen LogP contribution in [0.4, 0.5) is 0 Å². The number of nitrogens with one attached hydrogen (secondary N) is 2. The summed E-state index contributed by atoms with van der Waals surface area (Å²) < 4.78 is 0. The van der Waals surface area contributed by atoms with E-state index in [0.717, 1.165) is 6.92 Å². The van der Waals surface area contributed by atoms with Crippen LogP contribution >= 0.6 is 0 Å². The van der Waals surface area contributed by atoms with Crippen LogP contribution in [0.5, 0.6) is 0 Å². The molecule has 0 fully saturated rings. The lowest BCUT2D eigenvalue weighted by molar-refractivity contribution is -0.141. The van der Waals surface area contributed by atoms with E-state index in [9.17, 15) is 4.79 Å². The number of aliphatic carboxylic acids is 1.